The van der Waals surface area contributed by atoms with Gasteiger partial charge in [-0.3, -0.25) is 4.79 Å². The van der Waals surface area contributed by atoms with E-state index in [9.17, 15) is 4.79 Å². The molecule has 0 saturated carbocycles. The number of fused-ring (bicyclic) bond motifs is 1. The van der Waals surface area contributed by atoms with Crippen LogP contribution >= 0.6 is 0 Å². The Morgan fingerprint density at radius 1 is 1.29 bits per heavy atom. The van der Waals surface area contributed by atoms with Gasteiger partial charge in [0.15, 0.2) is 5.82 Å². The molecule has 0 aromatic carbocycles. The Morgan fingerprint density at radius 3 is 2.81 bits per heavy atom. The van der Waals surface area contributed by atoms with Crippen LogP contribution in [0.2, 0.25) is 0 Å². The molecule has 0 aliphatic carbocycles. The molecule has 0 unspecified atom stereocenters. The maximum Gasteiger partial charge on any atom is 0.290 e. The van der Waals surface area contributed by atoms with Gasteiger partial charge in [-0.15, -0.1) is 0 Å². The zero-order valence-electron chi connectivity index (χ0n) is 13.4. The molecule has 5 heteroatoms. The number of aryl methyl sites for hydroxylation is 1. The molecule has 0 radical (unpaired) electrons. The quantitative estimate of drug-likeness (QED) is 0.793. The molecular weight excluding hydrogens is 264 g/mol. The molecule has 2 atom stereocenters. The fourth-order valence-electron chi connectivity index (χ4n) is 4.22. The summed E-state index contributed by atoms with van der Waals surface area (Å²) in [7, 11) is 4.10. The van der Waals surface area contributed by atoms with Gasteiger partial charge in [0.05, 0.1) is 5.54 Å². The Bertz CT molecular complexity index is 526. The molecular formula is C16H26N4O. The Hall–Kier alpha value is -1.36. The molecule has 1 amide bonds. The average molecular weight is 290 g/mol. The highest BCUT2D eigenvalue weighted by Gasteiger charge is 2.47. The topological polar surface area (TPSA) is 41.4 Å². The molecule has 116 valence electrons. The van der Waals surface area contributed by atoms with Crippen molar-refractivity contribution >= 4 is 5.91 Å². The zero-order chi connectivity index (χ0) is 15.0. The first-order valence-corrected chi connectivity index (χ1v) is 8.03. The van der Waals surface area contributed by atoms with Crippen molar-refractivity contribution < 1.29 is 4.79 Å². The van der Waals surface area contributed by atoms with E-state index < -0.39 is 0 Å². The minimum Gasteiger partial charge on any atom is -0.330 e. The Balaban J connectivity index is 1.95. The van der Waals surface area contributed by atoms with E-state index in [-0.39, 0.29) is 11.4 Å². The molecule has 0 spiro atoms. The number of imidazole rings is 1. The van der Waals surface area contributed by atoms with Crippen molar-refractivity contribution in [3.05, 3.63) is 18.2 Å². The molecule has 0 N–H and O–H groups in total. The van der Waals surface area contributed by atoms with Gasteiger partial charge in [0.25, 0.3) is 5.91 Å². The lowest BCUT2D eigenvalue weighted by Crippen LogP contribution is -2.63. The fraction of sp³-hybridized carbons (Fsp3) is 0.750. The number of likely N-dealkylation sites (tertiary alicyclic amines) is 2. The highest BCUT2D eigenvalue weighted by molar-refractivity contribution is 5.91. The molecule has 1 aromatic rings. The second-order valence-corrected chi connectivity index (χ2v) is 6.77. The van der Waals surface area contributed by atoms with Gasteiger partial charge in [0.2, 0.25) is 0 Å². The molecule has 21 heavy (non-hydrogen) atoms. The van der Waals surface area contributed by atoms with Gasteiger partial charge >= 0.3 is 0 Å². The van der Waals surface area contributed by atoms with E-state index in [1.54, 1.807) is 6.20 Å². The van der Waals surface area contributed by atoms with E-state index in [0.717, 1.165) is 32.4 Å². The maximum atomic E-state index is 13.0. The van der Waals surface area contributed by atoms with E-state index in [4.69, 9.17) is 0 Å². The number of amides is 1. The summed E-state index contributed by atoms with van der Waals surface area (Å²) in [6, 6.07) is 0.470. The molecule has 1 aromatic heterocycles. The van der Waals surface area contributed by atoms with Crippen molar-refractivity contribution in [3.63, 3.8) is 0 Å². The van der Waals surface area contributed by atoms with Gasteiger partial charge in [-0.2, -0.15) is 0 Å². The minimum absolute atomic E-state index is 0.0630. The summed E-state index contributed by atoms with van der Waals surface area (Å²) in [6.07, 6.45) is 9.30. The monoisotopic (exact) mass is 290 g/mol. The van der Waals surface area contributed by atoms with Crippen LogP contribution in [0, 0.1) is 0 Å². The summed E-state index contributed by atoms with van der Waals surface area (Å²) in [6.45, 7) is 4.27. The van der Waals surface area contributed by atoms with Gasteiger partial charge in [0.1, 0.15) is 0 Å². The summed E-state index contributed by atoms with van der Waals surface area (Å²) in [4.78, 5) is 21.9. The number of likely N-dealkylation sites (N-methyl/N-ethyl adjacent to an activating group) is 1. The van der Waals surface area contributed by atoms with Crippen LogP contribution in [0.3, 0.4) is 0 Å². The van der Waals surface area contributed by atoms with Crippen LogP contribution in [-0.4, -0.2) is 57.0 Å². The lowest BCUT2D eigenvalue weighted by Gasteiger charge is -2.51. The zero-order valence-corrected chi connectivity index (χ0v) is 13.4. The first kappa shape index (κ1) is 14.6. The largest absolute Gasteiger partial charge is 0.330 e. The average Bonchev–Trinajstić information content (AvgIpc) is 2.78. The lowest BCUT2D eigenvalue weighted by atomic mass is 9.80. The number of aromatic nitrogens is 2. The van der Waals surface area contributed by atoms with E-state index in [0.29, 0.717) is 11.9 Å². The van der Waals surface area contributed by atoms with Crippen LogP contribution in [0.5, 0.6) is 0 Å². The molecule has 2 aliphatic rings. The van der Waals surface area contributed by atoms with Crippen LogP contribution in [0.15, 0.2) is 12.4 Å². The molecule has 2 aliphatic heterocycles. The third kappa shape index (κ3) is 2.37. The molecule has 3 heterocycles. The number of nitrogens with zero attached hydrogens (tertiary/aromatic N) is 4. The van der Waals surface area contributed by atoms with Gasteiger partial charge in [-0.1, -0.05) is 6.42 Å². The van der Waals surface area contributed by atoms with E-state index in [2.05, 4.69) is 28.8 Å². The summed E-state index contributed by atoms with van der Waals surface area (Å²) < 4.78 is 1.83. The number of hydrogen-bond acceptors (Lipinski definition) is 3. The van der Waals surface area contributed by atoms with Crippen LogP contribution in [0.1, 0.15) is 49.6 Å². The Kier molecular flexibility index (Phi) is 3.78. The van der Waals surface area contributed by atoms with Crippen molar-refractivity contribution in [2.24, 2.45) is 7.05 Å². The molecule has 2 saturated heterocycles. The lowest BCUT2D eigenvalue weighted by molar-refractivity contribution is -0.00470. The smallest absolute Gasteiger partial charge is 0.290 e. The number of rotatable bonds is 1. The standard InChI is InChI=1S/C16H26N4O/c1-16-8-6-10-18(2)13(16)7-4-5-11-20(16)15(21)14-17-9-12-19(14)3/h9,12-13H,4-8,10-11H2,1-3H3/t13-,16-/m0/s1. The molecule has 5 nitrogen and oxygen atoms in total. The van der Waals surface area contributed by atoms with Crippen LogP contribution < -0.4 is 0 Å². The maximum absolute atomic E-state index is 13.0. The molecule has 2 fully saturated rings. The first-order chi connectivity index (χ1) is 10.0. The van der Waals surface area contributed by atoms with Crippen LogP contribution in [-0.2, 0) is 7.05 Å². The second-order valence-electron chi connectivity index (χ2n) is 6.77. The van der Waals surface area contributed by atoms with E-state index in [1.807, 2.05) is 17.8 Å². The summed E-state index contributed by atoms with van der Waals surface area (Å²) in [5, 5.41) is 0. The number of hydrogen-bond donors (Lipinski definition) is 0. The van der Waals surface area contributed by atoms with Gasteiger partial charge in [0, 0.05) is 32.0 Å². The second kappa shape index (κ2) is 5.44. The Morgan fingerprint density at radius 2 is 2.10 bits per heavy atom. The normalized spacial score (nSPS) is 30.8. The summed E-state index contributed by atoms with van der Waals surface area (Å²) in [5.74, 6) is 0.650. The highest BCUT2D eigenvalue weighted by Crippen LogP contribution is 2.38. The molecule has 0 bridgehead atoms. The van der Waals surface area contributed by atoms with E-state index in [1.165, 1.54) is 12.8 Å². The molecule has 3 rings (SSSR count). The number of piperidine rings is 1. The third-order valence-corrected chi connectivity index (χ3v) is 5.43. The highest BCUT2D eigenvalue weighted by atomic mass is 16.2. The fourth-order valence-corrected chi connectivity index (χ4v) is 4.22. The number of carbonyl (C=O) groups is 1. The third-order valence-electron chi connectivity index (χ3n) is 5.43. The van der Waals surface area contributed by atoms with Crippen molar-refractivity contribution in [2.75, 3.05) is 20.1 Å². The van der Waals surface area contributed by atoms with Crippen molar-refractivity contribution in [3.8, 4) is 0 Å². The van der Waals surface area contributed by atoms with E-state index >= 15 is 0 Å². The van der Waals surface area contributed by atoms with Crippen LogP contribution in [0.25, 0.3) is 0 Å². The minimum atomic E-state index is -0.0630. The van der Waals surface area contributed by atoms with Crippen LogP contribution in [0.4, 0.5) is 0 Å². The number of carbonyl (C=O) groups excluding carboxylic acids is 1. The van der Waals surface area contributed by atoms with Crippen molar-refractivity contribution in [2.45, 2.75) is 50.6 Å². The van der Waals surface area contributed by atoms with Crippen molar-refractivity contribution in [1.82, 2.24) is 19.4 Å². The first-order valence-electron chi connectivity index (χ1n) is 8.03. The summed E-state index contributed by atoms with van der Waals surface area (Å²) >= 11 is 0. The summed E-state index contributed by atoms with van der Waals surface area (Å²) in [5.41, 5.74) is -0.0630. The predicted octanol–water partition coefficient (Wildman–Crippen LogP) is 1.90. The van der Waals surface area contributed by atoms with Gasteiger partial charge < -0.3 is 14.4 Å². The van der Waals surface area contributed by atoms with Gasteiger partial charge in [-0.05, 0) is 46.2 Å². The Labute approximate surface area is 126 Å². The van der Waals surface area contributed by atoms with Gasteiger partial charge in [-0.25, -0.2) is 4.98 Å². The van der Waals surface area contributed by atoms with Crippen molar-refractivity contribution in [1.29, 1.82) is 0 Å². The predicted molar refractivity (Wildman–Crippen MR) is 82.2 cm³/mol. The SMILES string of the molecule is CN1CCC[C@@]2(C)[C@@H]1CCCCN2C(=O)c1nccn1C.